The van der Waals surface area contributed by atoms with Crippen molar-refractivity contribution in [1.29, 1.82) is 0 Å². The van der Waals surface area contributed by atoms with Crippen LogP contribution in [0, 0.1) is 0 Å². The minimum absolute atomic E-state index is 0.293. The second kappa shape index (κ2) is 6.35. The lowest BCUT2D eigenvalue weighted by atomic mass is 10.3. The van der Waals surface area contributed by atoms with Crippen molar-refractivity contribution in [3.05, 3.63) is 11.8 Å². The monoisotopic (exact) mass is 245 g/mol. The first-order chi connectivity index (χ1) is 7.73. The summed E-state index contributed by atoms with van der Waals surface area (Å²) in [5.74, 6) is -3.20. The average molecular weight is 245 g/mol. The van der Waals surface area contributed by atoms with E-state index >= 15 is 0 Å². The van der Waals surface area contributed by atoms with Gasteiger partial charge in [-0.1, -0.05) is 0 Å². The van der Waals surface area contributed by atoms with E-state index in [-0.39, 0.29) is 5.70 Å². The molecule has 0 aromatic heterocycles. The zero-order valence-corrected chi connectivity index (χ0v) is 8.80. The Balaban J connectivity index is 0.000000366. The number of nitrogens with two attached hydrogens (primary N) is 2. The van der Waals surface area contributed by atoms with Gasteiger partial charge in [0.15, 0.2) is 0 Å². The van der Waals surface area contributed by atoms with Gasteiger partial charge in [-0.25, -0.2) is 20.2 Å². The molecule has 1 rings (SSSR count). The van der Waals surface area contributed by atoms with E-state index in [1.54, 1.807) is 0 Å². The van der Waals surface area contributed by atoms with Crippen molar-refractivity contribution in [2.75, 3.05) is 0 Å². The highest BCUT2D eigenvalue weighted by Crippen LogP contribution is 1.85. The van der Waals surface area contributed by atoms with Crippen molar-refractivity contribution in [2.24, 2.45) is 5.73 Å². The van der Waals surface area contributed by atoms with Gasteiger partial charge in [0.05, 0.1) is 12.0 Å². The number of nitrogens with one attached hydrogen (secondary N) is 1. The topological polar surface area (TPSA) is 166 Å². The third kappa shape index (κ3) is 6.02. The molecule has 0 saturated heterocycles. The molecule has 0 saturated carbocycles. The van der Waals surface area contributed by atoms with Gasteiger partial charge in [-0.05, 0) is 6.92 Å². The van der Waals surface area contributed by atoms with E-state index in [1.807, 2.05) is 5.32 Å². The number of aliphatic carboxylic acids is 2. The van der Waals surface area contributed by atoms with Crippen LogP contribution in [-0.4, -0.2) is 35.0 Å². The van der Waals surface area contributed by atoms with Crippen LogP contribution in [-0.2, 0) is 14.4 Å². The van der Waals surface area contributed by atoms with Gasteiger partial charge in [0, 0.05) is 6.04 Å². The smallest absolute Gasteiger partial charge is 0.425 e. The lowest BCUT2D eigenvalue weighted by Crippen LogP contribution is -2.92. The molecule has 0 spiro atoms. The van der Waals surface area contributed by atoms with Crippen molar-refractivity contribution < 1.29 is 34.7 Å². The molecule has 6 N–H and O–H groups in total. The minimum atomic E-state index is -1.28. The highest BCUT2D eigenvalue weighted by atomic mass is 16.4. The van der Waals surface area contributed by atoms with E-state index in [9.17, 15) is 24.3 Å². The summed E-state index contributed by atoms with van der Waals surface area (Å²) in [6, 6.07) is -1.54. The number of hydrogen-bond acceptors (Lipinski definition) is 6. The third-order valence-electron chi connectivity index (χ3n) is 1.44. The van der Waals surface area contributed by atoms with E-state index in [2.05, 4.69) is 0 Å². The van der Waals surface area contributed by atoms with Crippen LogP contribution in [0.1, 0.15) is 6.92 Å². The maximum atomic E-state index is 10.5. The molecule has 0 fully saturated rings. The van der Waals surface area contributed by atoms with E-state index < -0.39 is 29.9 Å². The van der Waals surface area contributed by atoms with Gasteiger partial charge in [-0.2, -0.15) is 0 Å². The van der Waals surface area contributed by atoms with Gasteiger partial charge >= 0.3 is 12.0 Å². The number of carbonyl (C=O) groups is 4. The van der Waals surface area contributed by atoms with Gasteiger partial charge in [-0.3, -0.25) is 4.79 Å². The second-order valence-corrected chi connectivity index (χ2v) is 3.01. The molecule has 0 aromatic rings. The Hall–Kier alpha value is -2.26. The van der Waals surface area contributed by atoms with Crippen LogP contribution in [0.4, 0.5) is 4.79 Å². The fraction of sp³-hybridized carbons (Fsp3) is 0.250. The number of primary amides is 1. The summed E-state index contributed by atoms with van der Waals surface area (Å²) in [7, 11) is 0. The Kier molecular flexibility index (Phi) is 5.51. The summed E-state index contributed by atoms with van der Waals surface area (Å²) in [5.41, 5.74) is 4.48. The summed E-state index contributed by atoms with van der Waals surface area (Å²) in [5, 5.41) is 20.5. The van der Waals surface area contributed by atoms with Crippen molar-refractivity contribution in [2.45, 2.75) is 13.0 Å². The zero-order valence-electron chi connectivity index (χ0n) is 8.80. The molecule has 0 radical (unpaired) electrons. The molecule has 0 aliphatic carbocycles. The molecule has 0 bridgehead atoms. The molecule has 3 amide bonds. The summed E-state index contributed by atoms with van der Waals surface area (Å²) >= 11 is 0. The molecular weight excluding hydrogens is 234 g/mol. The number of quaternary nitrogens is 1. The molecular formula is C8H11N3O6. The quantitative estimate of drug-likeness (QED) is 0.383. The van der Waals surface area contributed by atoms with Crippen LogP contribution < -0.4 is 21.5 Å². The summed E-state index contributed by atoms with van der Waals surface area (Å²) < 4.78 is 0. The number of imide groups is 1. The van der Waals surface area contributed by atoms with Crippen molar-refractivity contribution in [3.63, 3.8) is 0 Å². The highest BCUT2D eigenvalue weighted by Gasteiger charge is 2.25. The summed E-state index contributed by atoms with van der Waals surface area (Å²) in [6.07, 6.45) is 0.851. The van der Waals surface area contributed by atoms with Crippen LogP contribution in [0.15, 0.2) is 11.8 Å². The number of rotatable bonds is 2. The number of amides is 3. The maximum Gasteiger partial charge on any atom is 0.425 e. The van der Waals surface area contributed by atoms with E-state index in [0.29, 0.717) is 0 Å². The van der Waals surface area contributed by atoms with Crippen LogP contribution in [0.2, 0.25) is 0 Å². The predicted octanol–water partition coefficient (Wildman–Crippen LogP) is -4.15. The van der Waals surface area contributed by atoms with Crippen molar-refractivity contribution in [1.82, 2.24) is 5.32 Å². The van der Waals surface area contributed by atoms with Gasteiger partial charge in [-0.15, -0.1) is 0 Å². The molecule has 9 nitrogen and oxygen atoms in total. The van der Waals surface area contributed by atoms with E-state index in [0.717, 1.165) is 11.4 Å². The van der Waals surface area contributed by atoms with Crippen LogP contribution in [0.25, 0.3) is 0 Å². The number of carboxylic acids is 2. The van der Waals surface area contributed by atoms with Crippen molar-refractivity contribution in [3.8, 4) is 0 Å². The standard InChI is InChI=1S/C5H4N2O4.C3H7NO2/c8-3-1-2(4(9)10)6-5(11)7-3;1-2(4)3(5)6/h1H,(H,9,10)(H2,6,7,8,11);2H,4H2,1H3,(H,5,6)/t;2-/m.0/s1. The zero-order chi connectivity index (χ0) is 13.6. The minimum Gasteiger partial charge on any atom is -0.548 e. The van der Waals surface area contributed by atoms with E-state index in [4.69, 9.17) is 10.8 Å². The number of hydrogen-bond donors (Lipinski definition) is 4. The third-order valence-corrected chi connectivity index (χ3v) is 1.44. The molecule has 94 valence electrons. The van der Waals surface area contributed by atoms with Gasteiger partial charge in [0.25, 0.3) is 5.91 Å². The lowest BCUT2D eigenvalue weighted by Gasteiger charge is -2.04. The summed E-state index contributed by atoms with van der Waals surface area (Å²) in [6.45, 7) is 1.36. The molecule has 1 atom stereocenters. The number of carboxylic acid groups (broad SMARTS) is 2. The first-order valence-corrected chi connectivity index (χ1v) is 4.35. The second-order valence-electron chi connectivity index (χ2n) is 3.01. The molecule has 0 unspecified atom stereocenters. The van der Waals surface area contributed by atoms with Crippen LogP contribution >= 0.6 is 0 Å². The normalized spacial score (nSPS) is 16.0. The SMILES string of the molecule is C[C@H](N)C(=O)[O-].O=C1C=C(C(=O)O)[NH2+]C(=O)N1. The summed E-state index contributed by atoms with van der Waals surface area (Å²) in [4.78, 5) is 40.7. The van der Waals surface area contributed by atoms with Crippen LogP contribution in [0.5, 0.6) is 0 Å². The maximum absolute atomic E-state index is 10.5. The van der Waals surface area contributed by atoms with E-state index in [1.165, 1.54) is 6.92 Å². The number of carbonyl (C=O) groups excluding carboxylic acids is 3. The fourth-order valence-electron chi connectivity index (χ4n) is 0.641. The largest absolute Gasteiger partial charge is 0.548 e. The molecule has 1 heterocycles. The van der Waals surface area contributed by atoms with Gasteiger partial charge < -0.3 is 20.7 Å². The van der Waals surface area contributed by atoms with Gasteiger partial charge in [0.2, 0.25) is 5.70 Å². The Morgan fingerprint density at radius 3 is 2.29 bits per heavy atom. The fourth-order valence-corrected chi connectivity index (χ4v) is 0.641. The van der Waals surface area contributed by atoms with Crippen LogP contribution in [0.3, 0.4) is 0 Å². The molecule has 17 heavy (non-hydrogen) atoms. The Labute approximate surface area is 95.3 Å². The molecule has 9 heteroatoms. The Bertz CT molecular complexity index is 387. The molecule has 1 aliphatic rings. The Morgan fingerprint density at radius 2 is 2.00 bits per heavy atom. The highest BCUT2D eigenvalue weighted by molar-refractivity contribution is 6.04. The lowest BCUT2D eigenvalue weighted by molar-refractivity contribution is -0.499. The average Bonchev–Trinajstić information content (AvgIpc) is 2.16. The van der Waals surface area contributed by atoms with Gasteiger partial charge in [0.1, 0.15) is 0 Å². The molecule has 1 aliphatic heterocycles. The van der Waals surface area contributed by atoms with Crippen molar-refractivity contribution >= 4 is 23.9 Å². The predicted molar refractivity (Wildman–Crippen MR) is 49.8 cm³/mol. The first kappa shape index (κ1) is 14.7. The Morgan fingerprint density at radius 1 is 1.53 bits per heavy atom. The first-order valence-electron chi connectivity index (χ1n) is 4.35. The number of urea groups is 1. The molecule has 0 aromatic carbocycles.